The molecule has 4 nitrogen and oxygen atoms in total. The average Bonchev–Trinajstić information content (AvgIpc) is 2.41. The second-order valence-electron chi connectivity index (χ2n) is 3.97. The topological polar surface area (TPSA) is 41.6 Å². The van der Waals surface area contributed by atoms with E-state index in [1.165, 1.54) is 12.1 Å². The Labute approximate surface area is 110 Å². The summed E-state index contributed by atoms with van der Waals surface area (Å²) in [7, 11) is 0. The Balaban J connectivity index is 1.90. The molecule has 0 bridgehead atoms. The summed E-state index contributed by atoms with van der Waals surface area (Å²) < 4.78 is 18.7. The standard InChI is InChI=1S/C12H14ClFN2O2/c13-9-2-1-3-10(12(9)14)18-8-11(17)16-6-4-15-5-7-16/h1-3,15H,4-8H2. The number of ether oxygens (including phenoxy) is 1. The van der Waals surface area contributed by atoms with Crippen molar-refractivity contribution in [2.24, 2.45) is 0 Å². The summed E-state index contributed by atoms with van der Waals surface area (Å²) in [6.07, 6.45) is 0. The number of piperazine rings is 1. The van der Waals surface area contributed by atoms with Gasteiger partial charge in [0.25, 0.3) is 5.91 Å². The van der Waals surface area contributed by atoms with Gasteiger partial charge in [-0.25, -0.2) is 4.39 Å². The van der Waals surface area contributed by atoms with Gasteiger partial charge in [-0.05, 0) is 12.1 Å². The van der Waals surface area contributed by atoms with E-state index >= 15 is 0 Å². The van der Waals surface area contributed by atoms with E-state index in [1.54, 1.807) is 11.0 Å². The summed E-state index contributed by atoms with van der Waals surface area (Å²) in [6.45, 7) is 2.69. The summed E-state index contributed by atoms with van der Waals surface area (Å²) in [5.74, 6) is -0.769. The first-order chi connectivity index (χ1) is 8.68. The molecule has 18 heavy (non-hydrogen) atoms. The van der Waals surface area contributed by atoms with Crippen LogP contribution in [0.15, 0.2) is 18.2 Å². The highest BCUT2D eigenvalue weighted by molar-refractivity contribution is 6.30. The molecule has 1 aliphatic rings. The quantitative estimate of drug-likeness (QED) is 0.902. The molecule has 1 aromatic carbocycles. The minimum Gasteiger partial charge on any atom is -0.481 e. The number of carbonyl (C=O) groups is 1. The van der Waals surface area contributed by atoms with Gasteiger partial charge in [-0.3, -0.25) is 4.79 Å². The Morgan fingerprint density at radius 2 is 2.17 bits per heavy atom. The van der Waals surface area contributed by atoms with Crippen molar-refractivity contribution in [2.45, 2.75) is 0 Å². The second-order valence-corrected chi connectivity index (χ2v) is 4.38. The Bertz CT molecular complexity index is 436. The molecule has 0 radical (unpaired) electrons. The van der Waals surface area contributed by atoms with Crippen LogP contribution in [0.1, 0.15) is 0 Å². The number of benzene rings is 1. The lowest BCUT2D eigenvalue weighted by atomic mass is 10.3. The minimum atomic E-state index is -0.632. The minimum absolute atomic E-state index is 0.00554. The number of nitrogens with one attached hydrogen (secondary N) is 1. The van der Waals surface area contributed by atoms with Crippen molar-refractivity contribution >= 4 is 17.5 Å². The van der Waals surface area contributed by atoms with Gasteiger partial charge in [-0.2, -0.15) is 0 Å². The van der Waals surface area contributed by atoms with E-state index in [1.807, 2.05) is 0 Å². The van der Waals surface area contributed by atoms with Crippen molar-refractivity contribution in [3.05, 3.63) is 29.0 Å². The zero-order valence-corrected chi connectivity index (χ0v) is 10.5. The van der Waals surface area contributed by atoms with E-state index in [9.17, 15) is 9.18 Å². The number of hydrogen-bond acceptors (Lipinski definition) is 3. The molecular formula is C12H14ClFN2O2. The Morgan fingerprint density at radius 3 is 2.89 bits per heavy atom. The first-order valence-corrected chi connectivity index (χ1v) is 6.11. The Hall–Kier alpha value is -1.33. The third kappa shape index (κ3) is 3.11. The number of rotatable bonds is 3. The van der Waals surface area contributed by atoms with Crippen LogP contribution >= 0.6 is 11.6 Å². The zero-order chi connectivity index (χ0) is 13.0. The van der Waals surface area contributed by atoms with Gasteiger partial charge < -0.3 is 15.0 Å². The molecule has 0 spiro atoms. The molecule has 1 saturated heterocycles. The van der Waals surface area contributed by atoms with Crippen molar-refractivity contribution in [3.63, 3.8) is 0 Å². The largest absolute Gasteiger partial charge is 0.481 e. The van der Waals surface area contributed by atoms with Crippen LogP contribution in [0.5, 0.6) is 5.75 Å². The van der Waals surface area contributed by atoms with Gasteiger partial charge in [0.2, 0.25) is 0 Å². The predicted molar refractivity (Wildman–Crippen MR) is 66.4 cm³/mol. The van der Waals surface area contributed by atoms with Crippen LogP contribution in [0.2, 0.25) is 5.02 Å². The molecule has 98 valence electrons. The molecule has 1 fully saturated rings. The molecule has 1 N–H and O–H groups in total. The molecule has 0 atom stereocenters. The summed E-state index contributed by atoms with van der Waals surface area (Å²) in [5, 5.41) is 3.14. The number of amides is 1. The van der Waals surface area contributed by atoms with Crippen LogP contribution in [0.4, 0.5) is 4.39 Å². The summed E-state index contributed by atoms with van der Waals surface area (Å²) in [6, 6.07) is 4.46. The Kier molecular flexibility index (Phi) is 4.38. The van der Waals surface area contributed by atoms with E-state index < -0.39 is 5.82 Å². The molecule has 6 heteroatoms. The van der Waals surface area contributed by atoms with Crippen molar-refractivity contribution in [1.29, 1.82) is 0 Å². The van der Waals surface area contributed by atoms with Crippen LogP contribution in [0.3, 0.4) is 0 Å². The maximum Gasteiger partial charge on any atom is 0.260 e. The summed E-state index contributed by atoms with van der Waals surface area (Å²) >= 11 is 5.62. The van der Waals surface area contributed by atoms with Crippen LogP contribution in [-0.2, 0) is 4.79 Å². The van der Waals surface area contributed by atoms with Crippen LogP contribution in [0, 0.1) is 5.82 Å². The molecule has 0 unspecified atom stereocenters. The van der Waals surface area contributed by atoms with Crippen molar-refractivity contribution < 1.29 is 13.9 Å². The van der Waals surface area contributed by atoms with Gasteiger partial charge in [0.1, 0.15) is 0 Å². The fourth-order valence-electron chi connectivity index (χ4n) is 1.74. The molecule has 0 saturated carbocycles. The third-order valence-corrected chi connectivity index (χ3v) is 3.03. The monoisotopic (exact) mass is 272 g/mol. The number of carbonyl (C=O) groups excluding carboxylic acids is 1. The maximum absolute atomic E-state index is 13.5. The van der Waals surface area contributed by atoms with E-state index in [0.717, 1.165) is 13.1 Å². The van der Waals surface area contributed by atoms with Crippen LogP contribution in [0.25, 0.3) is 0 Å². The highest BCUT2D eigenvalue weighted by Crippen LogP contribution is 2.23. The SMILES string of the molecule is O=C(COc1cccc(Cl)c1F)N1CCNCC1. The zero-order valence-electron chi connectivity index (χ0n) is 9.79. The van der Waals surface area contributed by atoms with Crippen molar-refractivity contribution in [3.8, 4) is 5.75 Å². The molecule has 0 aliphatic carbocycles. The summed E-state index contributed by atoms with van der Waals surface area (Å²) in [5.41, 5.74) is 0. The highest BCUT2D eigenvalue weighted by atomic mass is 35.5. The van der Waals surface area contributed by atoms with E-state index in [-0.39, 0.29) is 23.3 Å². The van der Waals surface area contributed by atoms with E-state index in [0.29, 0.717) is 13.1 Å². The fourth-order valence-corrected chi connectivity index (χ4v) is 1.91. The van der Waals surface area contributed by atoms with Gasteiger partial charge in [-0.1, -0.05) is 17.7 Å². The van der Waals surface area contributed by atoms with Gasteiger partial charge in [-0.15, -0.1) is 0 Å². The van der Waals surface area contributed by atoms with Crippen molar-refractivity contribution in [1.82, 2.24) is 10.2 Å². The summed E-state index contributed by atoms with van der Waals surface area (Å²) in [4.78, 5) is 13.5. The van der Waals surface area contributed by atoms with Gasteiger partial charge in [0, 0.05) is 26.2 Å². The first-order valence-electron chi connectivity index (χ1n) is 5.74. The molecular weight excluding hydrogens is 259 g/mol. The lowest BCUT2D eigenvalue weighted by molar-refractivity contribution is -0.133. The predicted octanol–water partition coefficient (Wildman–Crippen LogP) is 1.29. The molecule has 1 aromatic rings. The van der Waals surface area contributed by atoms with Crippen LogP contribution < -0.4 is 10.1 Å². The number of nitrogens with zero attached hydrogens (tertiary/aromatic N) is 1. The van der Waals surface area contributed by atoms with Crippen molar-refractivity contribution in [2.75, 3.05) is 32.8 Å². The molecule has 2 rings (SSSR count). The van der Waals surface area contributed by atoms with Gasteiger partial charge in [0.05, 0.1) is 5.02 Å². The highest BCUT2D eigenvalue weighted by Gasteiger charge is 2.17. The second kappa shape index (κ2) is 6.02. The van der Waals surface area contributed by atoms with Crippen LogP contribution in [-0.4, -0.2) is 43.6 Å². The molecule has 1 heterocycles. The molecule has 1 aliphatic heterocycles. The van der Waals surface area contributed by atoms with E-state index in [4.69, 9.17) is 16.3 Å². The number of hydrogen-bond donors (Lipinski definition) is 1. The normalized spacial score (nSPS) is 15.6. The van der Waals surface area contributed by atoms with E-state index in [2.05, 4.69) is 5.32 Å². The lowest BCUT2D eigenvalue weighted by Crippen LogP contribution is -2.47. The van der Waals surface area contributed by atoms with Gasteiger partial charge >= 0.3 is 0 Å². The fraction of sp³-hybridized carbons (Fsp3) is 0.417. The Morgan fingerprint density at radius 1 is 1.44 bits per heavy atom. The lowest BCUT2D eigenvalue weighted by Gasteiger charge is -2.27. The average molecular weight is 273 g/mol. The smallest absolute Gasteiger partial charge is 0.260 e. The number of halogens is 2. The third-order valence-electron chi connectivity index (χ3n) is 2.74. The first kappa shape index (κ1) is 13.1. The van der Waals surface area contributed by atoms with Gasteiger partial charge in [0.15, 0.2) is 18.2 Å². The maximum atomic E-state index is 13.5. The molecule has 1 amide bonds. The molecule has 0 aromatic heterocycles.